The minimum atomic E-state index is 0.500. The number of aromatic nitrogens is 2. The lowest BCUT2D eigenvalue weighted by Crippen LogP contribution is -2.26. The van der Waals surface area contributed by atoms with E-state index in [0.29, 0.717) is 6.04 Å². The zero-order valence-electron chi connectivity index (χ0n) is 13.1. The van der Waals surface area contributed by atoms with Gasteiger partial charge >= 0.3 is 0 Å². The van der Waals surface area contributed by atoms with Gasteiger partial charge in [0.1, 0.15) is 0 Å². The van der Waals surface area contributed by atoms with Gasteiger partial charge in [-0.05, 0) is 44.7 Å². The van der Waals surface area contributed by atoms with Crippen molar-refractivity contribution in [2.75, 3.05) is 6.54 Å². The highest BCUT2D eigenvalue weighted by atomic mass is 15.3. The molecule has 0 amide bonds. The van der Waals surface area contributed by atoms with Crippen molar-refractivity contribution in [2.24, 2.45) is 0 Å². The molecule has 1 aromatic carbocycles. The Bertz CT molecular complexity index is 600. The van der Waals surface area contributed by atoms with Gasteiger partial charge in [-0.1, -0.05) is 36.8 Å². The second-order valence-electron chi connectivity index (χ2n) is 6.09. The molecule has 3 nitrogen and oxygen atoms in total. The second-order valence-corrected chi connectivity index (χ2v) is 6.09. The van der Waals surface area contributed by atoms with Crippen LogP contribution in [0.5, 0.6) is 0 Å². The fourth-order valence-electron chi connectivity index (χ4n) is 3.27. The van der Waals surface area contributed by atoms with Crippen LogP contribution < -0.4 is 5.32 Å². The topological polar surface area (TPSA) is 29.9 Å². The van der Waals surface area contributed by atoms with Crippen LogP contribution >= 0.6 is 0 Å². The Hall–Kier alpha value is -1.61. The van der Waals surface area contributed by atoms with Crippen LogP contribution in [0.25, 0.3) is 0 Å². The zero-order chi connectivity index (χ0) is 14.7. The summed E-state index contributed by atoms with van der Waals surface area (Å²) in [6.45, 7) is 6.34. The first-order valence-electron chi connectivity index (χ1n) is 8.11. The van der Waals surface area contributed by atoms with Crippen LogP contribution in [0.3, 0.4) is 0 Å². The molecular weight excluding hydrogens is 258 g/mol. The van der Waals surface area contributed by atoms with E-state index in [1.807, 2.05) is 0 Å². The van der Waals surface area contributed by atoms with Crippen LogP contribution in [-0.2, 0) is 13.0 Å². The Kier molecular flexibility index (Phi) is 4.39. The van der Waals surface area contributed by atoms with Gasteiger partial charge in [-0.15, -0.1) is 0 Å². The molecule has 2 aromatic rings. The summed E-state index contributed by atoms with van der Waals surface area (Å²) in [6, 6.07) is 9.22. The summed E-state index contributed by atoms with van der Waals surface area (Å²) < 4.78 is 2.20. The monoisotopic (exact) mass is 283 g/mol. The Labute approximate surface area is 127 Å². The zero-order valence-corrected chi connectivity index (χ0v) is 13.1. The van der Waals surface area contributed by atoms with Crippen molar-refractivity contribution in [2.45, 2.75) is 52.1 Å². The predicted molar refractivity (Wildman–Crippen MR) is 86.5 cm³/mol. The highest BCUT2D eigenvalue weighted by molar-refractivity contribution is 5.27. The number of hydrogen-bond acceptors (Lipinski definition) is 2. The highest BCUT2D eigenvalue weighted by Crippen LogP contribution is 2.29. The minimum Gasteiger partial charge on any atom is -0.310 e. The average Bonchev–Trinajstić information content (AvgIpc) is 2.89. The molecule has 1 heterocycles. The van der Waals surface area contributed by atoms with Gasteiger partial charge in [-0.25, -0.2) is 0 Å². The Morgan fingerprint density at radius 3 is 3.10 bits per heavy atom. The van der Waals surface area contributed by atoms with Crippen LogP contribution in [0.1, 0.15) is 54.6 Å². The Morgan fingerprint density at radius 1 is 1.38 bits per heavy atom. The molecule has 0 saturated heterocycles. The summed E-state index contributed by atoms with van der Waals surface area (Å²) in [7, 11) is 0. The SMILES string of the molecule is CCCNC1CCCc2c1cnn2Cc1cccc(C)c1. The summed E-state index contributed by atoms with van der Waals surface area (Å²) in [6.07, 6.45) is 6.92. The number of benzene rings is 1. The molecule has 1 N–H and O–H groups in total. The van der Waals surface area contributed by atoms with E-state index in [2.05, 4.69) is 59.4 Å². The molecule has 1 unspecified atom stereocenters. The lowest BCUT2D eigenvalue weighted by Gasteiger charge is -2.24. The number of nitrogens with zero attached hydrogens (tertiary/aromatic N) is 2. The maximum absolute atomic E-state index is 4.66. The van der Waals surface area contributed by atoms with Gasteiger partial charge in [0.25, 0.3) is 0 Å². The summed E-state index contributed by atoms with van der Waals surface area (Å²) in [5.74, 6) is 0. The van der Waals surface area contributed by atoms with Crippen LogP contribution in [0.15, 0.2) is 30.5 Å². The lowest BCUT2D eigenvalue weighted by atomic mass is 9.93. The summed E-state index contributed by atoms with van der Waals surface area (Å²) in [5, 5.41) is 8.32. The number of hydrogen-bond donors (Lipinski definition) is 1. The van der Waals surface area contributed by atoms with Gasteiger partial charge in [0.2, 0.25) is 0 Å². The molecule has 112 valence electrons. The third-order valence-corrected chi connectivity index (χ3v) is 4.32. The quantitative estimate of drug-likeness (QED) is 0.908. The molecule has 3 rings (SSSR count). The van der Waals surface area contributed by atoms with E-state index in [9.17, 15) is 0 Å². The van der Waals surface area contributed by atoms with E-state index >= 15 is 0 Å². The van der Waals surface area contributed by atoms with Crippen molar-refractivity contribution < 1.29 is 0 Å². The van der Waals surface area contributed by atoms with Gasteiger partial charge in [0, 0.05) is 17.3 Å². The molecule has 1 aromatic heterocycles. The van der Waals surface area contributed by atoms with E-state index in [1.165, 1.54) is 41.6 Å². The smallest absolute Gasteiger partial charge is 0.0662 e. The molecule has 21 heavy (non-hydrogen) atoms. The van der Waals surface area contributed by atoms with Gasteiger partial charge in [0.15, 0.2) is 0 Å². The molecule has 1 aliphatic carbocycles. The first kappa shape index (κ1) is 14.3. The number of nitrogens with one attached hydrogen (secondary N) is 1. The van der Waals surface area contributed by atoms with Gasteiger partial charge in [0.05, 0.1) is 12.7 Å². The molecule has 0 fully saturated rings. The summed E-state index contributed by atoms with van der Waals surface area (Å²) >= 11 is 0. The molecule has 0 bridgehead atoms. The number of aryl methyl sites for hydroxylation is 1. The normalized spacial score (nSPS) is 17.7. The van der Waals surface area contributed by atoms with E-state index < -0.39 is 0 Å². The maximum atomic E-state index is 4.66. The van der Waals surface area contributed by atoms with Crippen LogP contribution in [0.4, 0.5) is 0 Å². The molecule has 0 spiro atoms. The molecule has 0 saturated carbocycles. The third kappa shape index (κ3) is 3.18. The molecule has 1 aliphatic rings. The van der Waals surface area contributed by atoms with Crippen molar-refractivity contribution in [1.29, 1.82) is 0 Å². The fraction of sp³-hybridized carbons (Fsp3) is 0.500. The van der Waals surface area contributed by atoms with Gasteiger partial charge < -0.3 is 5.32 Å². The standard InChI is InChI=1S/C18H25N3/c1-3-10-19-17-8-5-9-18-16(17)12-20-21(18)13-15-7-4-6-14(2)11-15/h4,6-7,11-12,17,19H,3,5,8-10,13H2,1-2H3. The Morgan fingerprint density at radius 2 is 2.29 bits per heavy atom. The maximum Gasteiger partial charge on any atom is 0.0662 e. The first-order valence-corrected chi connectivity index (χ1v) is 8.11. The molecule has 3 heteroatoms. The van der Waals surface area contributed by atoms with Crippen molar-refractivity contribution in [3.8, 4) is 0 Å². The van der Waals surface area contributed by atoms with Crippen LogP contribution in [0, 0.1) is 6.92 Å². The van der Waals surface area contributed by atoms with Gasteiger partial charge in [-0.3, -0.25) is 4.68 Å². The van der Waals surface area contributed by atoms with E-state index in [-0.39, 0.29) is 0 Å². The molecule has 0 aliphatic heterocycles. The molecule has 0 radical (unpaired) electrons. The van der Waals surface area contributed by atoms with Crippen molar-refractivity contribution in [3.63, 3.8) is 0 Å². The highest BCUT2D eigenvalue weighted by Gasteiger charge is 2.23. The van der Waals surface area contributed by atoms with E-state index in [1.54, 1.807) is 0 Å². The minimum absolute atomic E-state index is 0.500. The van der Waals surface area contributed by atoms with Crippen LogP contribution in [0.2, 0.25) is 0 Å². The third-order valence-electron chi connectivity index (χ3n) is 4.32. The van der Waals surface area contributed by atoms with E-state index in [4.69, 9.17) is 0 Å². The van der Waals surface area contributed by atoms with Gasteiger partial charge in [-0.2, -0.15) is 5.10 Å². The largest absolute Gasteiger partial charge is 0.310 e. The summed E-state index contributed by atoms with van der Waals surface area (Å²) in [5.41, 5.74) is 5.50. The molecule has 1 atom stereocenters. The Balaban J connectivity index is 1.80. The van der Waals surface area contributed by atoms with Crippen molar-refractivity contribution in [3.05, 3.63) is 52.8 Å². The number of rotatable bonds is 5. The van der Waals surface area contributed by atoms with Crippen molar-refractivity contribution >= 4 is 0 Å². The summed E-state index contributed by atoms with van der Waals surface area (Å²) in [4.78, 5) is 0. The fourth-order valence-corrected chi connectivity index (χ4v) is 3.27. The first-order chi connectivity index (χ1) is 10.3. The van der Waals surface area contributed by atoms with Crippen molar-refractivity contribution in [1.82, 2.24) is 15.1 Å². The number of fused-ring (bicyclic) bond motifs is 1. The average molecular weight is 283 g/mol. The van der Waals surface area contributed by atoms with E-state index in [0.717, 1.165) is 19.5 Å². The van der Waals surface area contributed by atoms with Crippen LogP contribution in [-0.4, -0.2) is 16.3 Å². The lowest BCUT2D eigenvalue weighted by molar-refractivity contribution is 0.451. The second kappa shape index (κ2) is 6.44. The predicted octanol–water partition coefficient (Wildman–Crippen LogP) is 3.62. The molecular formula is C18H25N3.